The standard InChI is InChI=1S/C54H65NO11/c1-55-30-40(20-21-56)65-54-46-29-49(64-39-13-5-6-14-39)44-27-37(59)17-19-43(44)53(46)66-48(15-8-22-61-2)50(54)47-31-62-52-34(26-41(28-45(52)51(47)60)63-38-11-3-4-12-38)23-33-25-36(58)16-18-42(33)32-9-7-10-35(57)24-32/h7,9-10,16-19,24-29,38-40,47-48,50-51,54-60H,3-6,8,11-15,20-23,30-31H2,1-2H3/t40-,47+,48-,50+,51+,54-/m0/s1. The monoisotopic (exact) mass is 903 g/mol. The van der Waals surface area contributed by atoms with E-state index in [1.807, 2.05) is 43.4 Å². The molecular formula is C54H65NO11. The fourth-order valence-electron chi connectivity index (χ4n) is 11.0. The summed E-state index contributed by atoms with van der Waals surface area (Å²) in [6.45, 7) is 1.08. The van der Waals surface area contributed by atoms with E-state index in [0.29, 0.717) is 67.4 Å². The van der Waals surface area contributed by atoms with Crippen molar-refractivity contribution in [2.75, 3.05) is 40.5 Å². The number of methoxy groups -OCH3 is 1. The maximum Gasteiger partial charge on any atom is 0.133 e. The molecule has 5 aromatic rings. The average molecular weight is 904 g/mol. The molecule has 0 unspecified atom stereocenters. The van der Waals surface area contributed by atoms with Gasteiger partial charge in [-0.3, -0.25) is 0 Å². The van der Waals surface area contributed by atoms with Crippen LogP contribution in [0.2, 0.25) is 0 Å². The van der Waals surface area contributed by atoms with Gasteiger partial charge in [-0.2, -0.15) is 0 Å². The molecular weight excluding hydrogens is 839 g/mol. The quantitative estimate of drug-likeness (QED) is 0.0462. The molecule has 5 aromatic carbocycles. The Hall–Kier alpha value is -5.24. The molecule has 2 aliphatic heterocycles. The molecule has 66 heavy (non-hydrogen) atoms. The Morgan fingerprint density at radius 3 is 2.26 bits per heavy atom. The van der Waals surface area contributed by atoms with E-state index in [9.17, 15) is 25.5 Å². The van der Waals surface area contributed by atoms with Gasteiger partial charge in [0.1, 0.15) is 46.4 Å². The predicted octanol–water partition coefficient (Wildman–Crippen LogP) is 9.43. The lowest BCUT2D eigenvalue weighted by atomic mass is 9.72. The van der Waals surface area contributed by atoms with E-state index < -0.39 is 30.1 Å². The number of hydrogen-bond acceptors (Lipinski definition) is 12. The third-order valence-electron chi connectivity index (χ3n) is 14.1. The number of nitrogens with one attached hydrogen (secondary N) is 1. The first-order chi connectivity index (χ1) is 32.2. The number of rotatable bonds is 18. The summed E-state index contributed by atoms with van der Waals surface area (Å²) in [5.41, 5.74) is 4.68. The van der Waals surface area contributed by atoms with E-state index in [-0.39, 0.29) is 48.8 Å². The number of aliphatic hydroxyl groups is 2. The molecule has 0 aromatic heterocycles. The minimum Gasteiger partial charge on any atom is -0.508 e. The van der Waals surface area contributed by atoms with Crippen LogP contribution in [0.5, 0.6) is 40.2 Å². The first-order valence-electron chi connectivity index (χ1n) is 24.0. The number of phenolic OH excluding ortho intramolecular Hbond substituents is 3. The number of aromatic hydroxyl groups is 3. The molecule has 0 radical (unpaired) electrons. The highest BCUT2D eigenvalue weighted by molar-refractivity contribution is 5.96. The molecule has 12 nitrogen and oxygen atoms in total. The second-order valence-electron chi connectivity index (χ2n) is 18.7. The van der Waals surface area contributed by atoms with E-state index in [4.69, 9.17) is 28.4 Å². The summed E-state index contributed by atoms with van der Waals surface area (Å²) in [6.07, 6.45) is 7.76. The van der Waals surface area contributed by atoms with Crippen molar-refractivity contribution in [3.05, 3.63) is 101 Å². The molecule has 6 N–H and O–H groups in total. The molecule has 2 heterocycles. The molecule has 0 amide bonds. The molecule has 2 fully saturated rings. The molecule has 9 rings (SSSR count). The molecule has 0 spiro atoms. The zero-order chi connectivity index (χ0) is 45.7. The van der Waals surface area contributed by atoms with Gasteiger partial charge in [0.2, 0.25) is 0 Å². The number of benzene rings is 5. The van der Waals surface area contributed by atoms with Crippen LogP contribution in [-0.2, 0) is 15.9 Å². The first-order valence-corrected chi connectivity index (χ1v) is 24.0. The fraction of sp³-hybridized carbons (Fsp3) is 0.481. The van der Waals surface area contributed by atoms with Crippen molar-refractivity contribution in [1.82, 2.24) is 5.32 Å². The Labute approximate surface area is 387 Å². The summed E-state index contributed by atoms with van der Waals surface area (Å²) in [5.74, 6) is 1.92. The minimum atomic E-state index is -1.03. The highest BCUT2D eigenvalue weighted by Crippen LogP contribution is 2.55. The van der Waals surface area contributed by atoms with Crippen molar-refractivity contribution < 1.29 is 54.0 Å². The van der Waals surface area contributed by atoms with Crippen molar-refractivity contribution in [2.24, 2.45) is 11.8 Å². The number of ether oxygens (including phenoxy) is 6. The molecule has 4 aliphatic rings. The molecule has 0 saturated heterocycles. The summed E-state index contributed by atoms with van der Waals surface area (Å²) in [7, 11) is 3.55. The molecule has 2 saturated carbocycles. The van der Waals surface area contributed by atoms with Gasteiger partial charge in [-0.05, 0) is 155 Å². The maximum absolute atomic E-state index is 13.1. The van der Waals surface area contributed by atoms with Crippen LogP contribution in [0, 0.1) is 11.8 Å². The normalized spacial score (nSPS) is 22.4. The van der Waals surface area contributed by atoms with Crippen LogP contribution in [0.3, 0.4) is 0 Å². The van der Waals surface area contributed by atoms with E-state index in [0.717, 1.165) is 90.0 Å². The van der Waals surface area contributed by atoms with Gasteiger partial charge in [0, 0.05) is 72.6 Å². The summed E-state index contributed by atoms with van der Waals surface area (Å²) >= 11 is 0. The van der Waals surface area contributed by atoms with Crippen molar-refractivity contribution in [2.45, 2.75) is 114 Å². The van der Waals surface area contributed by atoms with Crippen LogP contribution in [0.15, 0.2) is 78.9 Å². The van der Waals surface area contributed by atoms with E-state index in [1.54, 1.807) is 49.6 Å². The van der Waals surface area contributed by atoms with E-state index in [1.165, 1.54) is 0 Å². The van der Waals surface area contributed by atoms with Gasteiger partial charge in [0.25, 0.3) is 0 Å². The van der Waals surface area contributed by atoms with E-state index >= 15 is 0 Å². The molecule has 12 heteroatoms. The van der Waals surface area contributed by atoms with Gasteiger partial charge in [0.05, 0.1) is 37.1 Å². The third-order valence-corrected chi connectivity index (χ3v) is 14.1. The van der Waals surface area contributed by atoms with Gasteiger partial charge >= 0.3 is 0 Å². The predicted molar refractivity (Wildman–Crippen MR) is 252 cm³/mol. The second-order valence-corrected chi connectivity index (χ2v) is 18.7. The summed E-state index contributed by atoms with van der Waals surface area (Å²) in [4.78, 5) is 0. The molecule has 2 aliphatic carbocycles. The highest BCUT2D eigenvalue weighted by Gasteiger charge is 2.50. The maximum atomic E-state index is 13.1. The van der Waals surface area contributed by atoms with Crippen LogP contribution in [0.1, 0.15) is 105 Å². The lowest BCUT2D eigenvalue weighted by Gasteiger charge is -2.47. The number of phenols is 3. The van der Waals surface area contributed by atoms with Crippen LogP contribution < -0.4 is 24.3 Å². The smallest absolute Gasteiger partial charge is 0.133 e. The Bertz CT molecular complexity index is 2440. The van der Waals surface area contributed by atoms with Crippen molar-refractivity contribution in [1.29, 1.82) is 0 Å². The number of fused-ring (bicyclic) bond motifs is 4. The SMILES string of the molecule is CNC[C@H](CCO)O[C@H]1c2cc(OC3CCCC3)c3cc(O)ccc3c2O[C@@H](CCCOC)[C@H]1[C@H]1COc2c(Cc3cc(O)ccc3-c3cccc(O)c3)cc(OC3CCCC3)cc2[C@H]1O. The third kappa shape index (κ3) is 9.89. The lowest BCUT2D eigenvalue weighted by Crippen LogP contribution is -2.48. The fourth-order valence-corrected chi connectivity index (χ4v) is 11.0. The van der Waals surface area contributed by atoms with E-state index in [2.05, 4.69) is 5.32 Å². The number of likely N-dealkylation sites (N-methyl/N-ethyl adjacent to an activating group) is 1. The van der Waals surface area contributed by atoms with Crippen molar-refractivity contribution in [3.8, 4) is 51.4 Å². The van der Waals surface area contributed by atoms with Gasteiger partial charge in [-0.1, -0.05) is 18.2 Å². The topological polar surface area (TPSA) is 169 Å². The van der Waals surface area contributed by atoms with Gasteiger partial charge in [0.15, 0.2) is 0 Å². The molecule has 0 bridgehead atoms. The lowest BCUT2D eigenvalue weighted by molar-refractivity contribution is -0.135. The minimum absolute atomic E-state index is 0.0391. The Balaban J connectivity index is 1.17. The van der Waals surface area contributed by atoms with Gasteiger partial charge in [-0.15, -0.1) is 0 Å². The zero-order valence-electron chi connectivity index (χ0n) is 38.1. The van der Waals surface area contributed by atoms with Crippen molar-refractivity contribution in [3.63, 3.8) is 0 Å². The summed E-state index contributed by atoms with van der Waals surface area (Å²) < 4.78 is 40.4. The van der Waals surface area contributed by atoms with Crippen LogP contribution in [0.4, 0.5) is 0 Å². The molecule has 6 atom stereocenters. The Kier molecular flexibility index (Phi) is 14.4. The van der Waals surface area contributed by atoms with Gasteiger partial charge < -0.3 is 59.3 Å². The summed E-state index contributed by atoms with van der Waals surface area (Å²) in [6, 6.07) is 23.6. The Morgan fingerprint density at radius 2 is 1.52 bits per heavy atom. The number of aliphatic hydroxyl groups excluding tert-OH is 2. The van der Waals surface area contributed by atoms with Crippen molar-refractivity contribution >= 4 is 10.8 Å². The van der Waals surface area contributed by atoms with Crippen LogP contribution in [0.25, 0.3) is 21.9 Å². The largest absolute Gasteiger partial charge is 0.508 e. The second kappa shape index (κ2) is 20.7. The average Bonchev–Trinajstić information content (AvgIpc) is 4.03. The highest BCUT2D eigenvalue weighted by atomic mass is 16.5. The molecule has 352 valence electrons. The summed E-state index contributed by atoms with van der Waals surface area (Å²) in [5, 5.41) is 60.2. The zero-order valence-corrected chi connectivity index (χ0v) is 38.1. The Morgan fingerprint density at radius 1 is 0.773 bits per heavy atom. The van der Waals surface area contributed by atoms with Crippen LogP contribution in [-0.4, -0.2) is 90.5 Å². The van der Waals surface area contributed by atoms with Gasteiger partial charge in [-0.25, -0.2) is 0 Å². The van der Waals surface area contributed by atoms with Crippen LogP contribution >= 0.6 is 0 Å². The number of hydrogen-bond donors (Lipinski definition) is 6. The first kappa shape index (κ1) is 45.9.